The molecular formula is C49H32N4S. The van der Waals surface area contributed by atoms with Crippen molar-refractivity contribution in [2.24, 2.45) is 0 Å². The molecule has 2 heterocycles. The van der Waals surface area contributed by atoms with E-state index in [2.05, 4.69) is 121 Å². The lowest BCUT2D eigenvalue weighted by Crippen LogP contribution is -2.00. The summed E-state index contributed by atoms with van der Waals surface area (Å²) in [6, 6.07) is 61.6. The molecule has 0 unspecified atom stereocenters. The Morgan fingerprint density at radius 1 is 0.389 bits per heavy atom. The highest BCUT2D eigenvalue weighted by molar-refractivity contribution is 7.21. The van der Waals surface area contributed by atoms with E-state index in [0.717, 1.165) is 50.3 Å². The molecule has 0 radical (unpaired) electrons. The molecule has 9 aromatic rings. The van der Waals surface area contributed by atoms with Gasteiger partial charge in [0.1, 0.15) is 5.01 Å². The third-order valence-electron chi connectivity index (χ3n) is 9.99. The first kappa shape index (κ1) is 31.9. The van der Waals surface area contributed by atoms with Crippen molar-refractivity contribution in [3.63, 3.8) is 0 Å². The maximum absolute atomic E-state index is 4.98. The first-order valence-corrected chi connectivity index (χ1v) is 18.9. The number of thiazole rings is 1. The number of aromatic nitrogens is 4. The fourth-order valence-corrected chi connectivity index (χ4v) is 8.26. The molecule has 0 saturated heterocycles. The Bertz CT molecular complexity index is 2770. The van der Waals surface area contributed by atoms with E-state index in [9.17, 15) is 0 Å². The average Bonchev–Trinajstić information content (AvgIpc) is 3.61. The summed E-state index contributed by atoms with van der Waals surface area (Å²) in [5.74, 6) is 1.95. The molecule has 10 rings (SSSR count). The monoisotopic (exact) mass is 708 g/mol. The summed E-state index contributed by atoms with van der Waals surface area (Å²) in [7, 11) is 0. The minimum atomic E-state index is 0.643. The van der Waals surface area contributed by atoms with Crippen molar-refractivity contribution < 1.29 is 0 Å². The number of para-hydroxylation sites is 1. The maximum atomic E-state index is 4.98. The van der Waals surface area contributed by atoms with E-state index in [1.807, 2.05) is 60.7 Å². The van der Waals surface area contributed by atoms with E-state index < -0.39 is 0 Å². The van der Waals surface area contributed by atoms with Gasteiger partial charge in [0.2, 0.25) is 0 Å². The first-order valence-electron chi connectivity index (χ1n) is 18.1. The van der Waals surface area contributed by atoms with E-state index in [-0.39, 0.29) is 0 Å². The second-order valence-corrected chi connectivity index (χ2v) is 14.5. The van der Waals surface area contributed by atoms with E-state index >= 15 is 0 Å². The molecule has 0 bridgehead atoms. The van der Waals surface area contributed by atoms with Crippen molar-refractivity contribution in [2.75, 3.05) is 0 Å². The van der Waals surface area contributed by atoms with Crippen LogP contribution >= 0.6 is 11.3 Å². The number of fused-ring (bicyclic) bond motifs is 4. The Kier molecular flexibility index (Phi) is 8.04. The van der Waals surface area contributed by atoms with Crippen molar-refractivity contribution in [1.82, 2.24) is 19.9 Å². The van der Waals surface area contributed by atoms with Crippen LogP contribution in [0.15, 0.2) is 176 Å². The number of rotatable bonds is 6. The predicted molar refractivity (Wildman–Crippen MR) is 224 cm³/mol. The van der Waals surface area contributed by atoms with Crippen LogP contribution in [0.3, 0.4) is 0 Å². The largest absolute Gasteiger partial charge is 0.236 e. The summed E-state index contributed by atoms with van der Waals surface area (Å²) in [5, 5.41) is 1.05. The van der Waals surface area contributed by atoms with E-state index in [1.165, 1.54) is 38.1 Å². The smallest absolute Gasteiger partial charge is 0.164 e. The molecule has 5 heteroatoms. The molecule has 1 aliphatic rings. The number of allylic oxidation sites excluding steroid dienone is 1. The minimum absolute atomic E-state index is 0.643. The summed E-state index contributed by atoms with van der Waals surface area (Å²) in [6.07, 6.45) is 3.17. The second-order valence-electron chi connectivity index (χ2n) is 13.5. The summed E-state index contributed by atoms with van der Waals surface area (Å²) in [5.41, 5.74) is 14.8. The SMILES string of the molecule is C1=C(c2cccc(-c3cccc(-c4nc(-c5ccccc5)nc(-c5ccccc5)n4)c3)c2)Cc2cc(-c3nc4ccccc4s3)ccc2-c2ccccc21. The van der Waals surface area contributed by atoms with Gasteiger partial charge in [-0.25, -0.2) is 19.9 Å². The third-order valence-corrected chi connectivity index (χ3v) is 11.1. The summed E-state index contributed by atoms with van der Waals surface area (Å²) in [4.78, 5) is 19.8. The van der Waals surface area contributed by atoms with E-state index in [1.54, 1.807) is 11.3 Å². The first-order chi connectivity index (χ1) is 26.7. The Balaban J connectivity index is 1.03. The number of benzene rings is 7. The van der Waals surface area contributed by atoms with Crippen molar-refractivity contribution in [3.8, 4) is 67.0 Å². The maximum Gasteiger partial charge on any atom is 0.164 e. The molecule has 0 atom stereocenters. The van der Waals surface area contributed by atoms with Crippen molar-refractivity contribution >= 4 is 33.2 Å². The van der Waals surface area contributed by atoms with Crippen LogP contribution in [0.25, 0.3) is 88.9 Å². The van der Waals surface area contributed by atoms with Gasteiger partial charge < -0.3 is 0 Å². The lowest BCUT2D eigenvalue weighted by Gasteiger charge is -2.13. The molecule has 0 spiro atoms. The van der Waals surface area contributed by atoms with Crippen LogP contribution in [0.5, 0.6) is 0 Å². The van der Waals surface area contributed by atoms with Gasteiger partial charge in [0.15, 0.2) is 17.5 Å². The Morgan fingerprint density at radius 2 is 0.963 bits per heavy atom. The molecule has 0 aliphatic heterocycles. The number of nitrogens with zero attached hydrogens (tertiary/aromatic N) is 4. The molecule has 0 amide bonds. The third kappa shape index (κ3) is 6.11. The lowest BCUT2D eigenvalue weighted by molar-refractivity contribution is 1.07. The van der Waals surface area contributed by atoms with E-state index in [4.69, 9.17) is 19.9 Å². The molecule has 0 fully saturated rings. The van der Waals surface area contributed by atoms with Crippen LogP contribution in [-0.4, -0.2) is 19.9 Å². The zero-order chi connectivity index (χ0) is 35.8. The molecule has 4 nitrogen and oxygen atoms in total. The van der Waals surface area contributed by atoms with Crippen molar-refractivity contribution in [2.45, 2.75) is 6.42 Å². The highest BCUT2D eigenvalue weighted by atomic mass is 32.1. The Hall–Kier alpha value is -6.82. The van der Waals surface area contributed by atoms with Crippen LogP contribution in [0.2, 0.25) is 0 Å². The minimum Gasteiger partial charge on any atom is -0.236 e. The lowest BCUT2D eigenvalue weighted by atomic mass is 9.92. The zero-order valence-corrected chi connectivity index (χ0v) is 30.0. The van der Waals surface area contributed by atoms with Gasteiger partial charge in [-0.05, 0) is 81.3 Å². The molecule has 1 aliphatic carbocycles. The van der Waals surface area contributed by atoms with Crippen LogP contribution in [0.1, 0.15) is 16.7 Å². The second kappa shape index (κ2) is 13.6. The summed E-state index contributed by atoms with van der Waals surface area (Å²) >= 11 is 1.75. The topological polar surface area (TPSA) is 51.6 Å². The standard InChI is InChI=1S/C49H32N4S/c1-3-13-32(14-4-1)46-51-47(33-15-5-2-6-16-33)53-48(52-46)38-21-12-19-35(28-38)34-18-11-20-36(27-34)40-29-37-17-7-8-22-42(37)43-26-25-39(30-41(43)31-40)49-50-44-23-9-10-24-45(44)54-49/h1-30H,31H2. The van der Waals surface area contributed by atoms with Gasteiger partial charge in [-0.15, -0.1) is 11.3 Å². The number of hydrogen-bond acceptors (Lipinski definition) is 5. The molecule has 0 saturated carbocycles. The highest BCUT2D eigenvalue weighted by Gasteiger charge is 2.19. The van der Waals surface area contributed by atoms with Crippen LogP contribution < -0.4 is 0 Å². The van der Waals surface area contributed by atoms with Gasteiger partial charge in [-0.2, -0.15) is 0 Å². The quantitative estimate of drug-likeness (QED) is 0.173. The molecule has 54 heavy (non-hydrogen) atoms. The molecule has 7 aromatic carbocycles. The zero-order valence-electron chi connectivity index (χ0n) is 29.2. The van der Waals surface area contributed by atoms with Crippen LogP contribution in [0, 0.1) is 0 Å². The van der Waals surface area contributed by atoms with Gasteiger partial charge >= 0.3 is 0 Å². The molecule has 0 N–H and O–H groups in total. The predicted octanol–water partition coefficient (Wildman–Crippen LogP) is 12.6. The fraction of sp³-hybridized carbons (Fsp3) is 0.0204. The van der Waals surface area contributed by atoms with Gasteiger partial charge in [0, 0.05) is 22.3 Å². The average molecular weight is 709 g/mol. The van der Waals surface area contributed by atoms with Crippen molar-refractivity contribution in [1.29, 1.82) is 0 Å². The summed E-state index contributed by atoms with van der Waals surface area (Å²) < 4.78 is 1.21. The summed E-state index contributed by atoms with van der Waals surface area (Å²) in [6.45, 7) is 0. The Morgan fingerprint density at radius 3 is 1.69 bits per heavy atom. The van der Waals surface area contributed by atoms with Gasteiger partial charge in [0.05, 0.1) is 10.2 Å². The van der Waals surface area contributed by atoms with Gasteiger partial charge in [-0.3, -0.25) is 0 Å². The van der Waals surface area contributed by atoms with Gasteiger partial charge in [-0.1, -0.05) is 152 Å². The van der Waals surface area contributed by atoms with Crippen molar-refractivity contribution in [3.05, 3.63) is 193 Å². The van der Waals surface area contributed by atoms with Crippen LogP contribution in [0.4, 0.5) is 0 Å². The molecular weight excluding hydrogens is 677 g/mol. The number of hydrogen-bond donors (Lipinski definition) is 0. The fourth-order valence-electron chi connectivity index (χ4n) is 7.30. The van der Waals surface area contributed by atoms with E-state index in [0.29, 0.717) is 17.5 Å². The highest BCUT2D eigenvalue weighted by Crippen LogP contribution is 2.40. The molecule has 2 aromatic heterocycles. The van der Waals surface area contributed by atoms with Gasteiger partial charge in [0.25, 0.3) is 0 Å². The normalized spacial score (nSPS) is 12.1. The Labute approximate surface area is 317 Å². The van der Waals surface area contributed by atoms with Crippen LogP contribution in [-0.2, 0) is 6.42 Å². The molecule has 254 valence electrons.